The number of rotatable bonds is 22. The molecule has 2 amide bonds. The summed E-state index contributed by atoms with van der Waals surface area (Å²) in [5.41, 5.74) is 1.69. The highest BCUT2D eigenvalue weighted by atomic mass is 16.6. The highest BCUT2D eigenvalue weighted by molar-refractivity contribution is 5.68. The van der Waals surface area contributed by atoms with Crippen LogP contribution < -0.4 is 10.1 Å². The van der Waals surface area contributed by atoms with Crippen LogP contribution >= 0.6 is 0 Å². The van der Waals surface area contributed by atoms with E-state index in [4.69, 9.17) is 18.9 Å². The van der Waals surface area contributed by atoms with Gasteiger partial charge in [0.25, 0.3) is 0 Å². The molecule has 2 N–H and O–H groups in total. The monoisotopic (exact) mass is 650 g/mol. The van der Waals surface area contributed by atoms with Crippen molar-refractivity contribution in [2.24, 2.45) is 5.92 Å². The number of para-hydroxylation sites is 1. The van der Waals surface area contributed by atoms with Gasteiger partial charge in [-0.15, -0.1) is 13.2 Å². The Hall–Kier alpha value is -3.82. The highest BCUT2D eigenvalue weighted by Gasteiger charge is 2.29. The number of aliphatic hydroxyl groups excluding tert-OH is 1. The number of unbranched alkanes of at least 4 members (excludes halogenated alkanes) is 3. The van der Waals surface area contributed by atoms with Crippen molar-refractivity contribution in [2.45, 2.75) is 89.6 Å². The van der Waals surface area contributed by atoms with E-state index in [1.807, 2.05) is 60.7 Å². The molecule has 0 spiro atoms. The van der Waals surface area contributed by atoms with Crippen LogP contribution in [0.2, 0.25) is 0 Å². The number of ether oxygens (including phenoxy) is 4. The minimum Gasteiger partial charge on any atom is -0.493 e. The summed E-state index contributed by atoms with van der Waals surface area (Å²) in [6, 6.07) is 16.4. The summed E-state index contributed by atoms with van der Waals surface area (Å²) in [7, 11) is 0. The Morgan fingerprint density at radius 1 is 1.02 bits per heavy atom. The number of carbonyl (C=O) groups is 2. The zero-order valence-corrected chi connectivity index (χ0v) is 28.0. The Balaban J connectivity index is 1.62. The van der Waals surface area contributed by atoms with E-state index < -0.39 is 24.3 Å². The molecule has 47 heavy (non-hydrogen) atoms. The van der Waals surface area contributed by atoms with Crippen LogP contribution in [-0.4, -0.2) is 73.4 Å². The van der Waals surface area contributed by atoms with Crippen LogP contribution in [0, 0.1) is 5.92 Å². The average Bonchev–Trinajstić information content (AvgIpc) is 3.54. The molecule has 1 aliphatic rings. The van der Waals surface area contributed by atoms with E-state index in [0.29, 0.717) is 50.5 Å². The molecule has 2 aromatic rings. The smallest absolute Gasteiger partial charge is 0.410 e. The van der Waals surface area contributed by atoms with Gasteiger partial charge in [-0.2, -0.15) is 0 Å². The quantitative estimate of drug-likeness (QED) is 0.102. The average molecular weight is 651 g/mol. The number of hydrogen-bond acceptors (Lipinski definition) is 7. The van der Waals surface area contributed by atoms with Gasteiger partial charge >= 0.3 is 12.2 Å². The lowest BCUT2D eigenvalue weighted by Crippen LogP contribution is -2.51. The van der Waals surface area contributed by atoms with E-state index >= 15 is 0 Å². The van der Waals surface area contributed by atoms with Crippen LogP contribution in [-0.2, 0) is 27.2 Å². The van der Waals surface area contributed by atoms with Gasteiger partial charge in [-0.3, -0.25) is 0 Å². The van der Waals surface area contributed by atoms with E-state index in [0.717, 1.165) is 49.8 Å². The molecule has 0 saturated carbocycles. The molecular weight excluding hydrogens is 596 g/mol. The standard InChI is InChI=1S/C38H54N2O7/c1-4-7-9-16-24-44-35-20-14-13-19-32(35)29-47-38(43)40(23-15-8-5-2)28-34(41)33(27-30-17-11-10-12-18-30)39-37(42)46-26-22-36-31(6-3)21-25-45-36/h4-5,10-14,17-20,31,33-34,36,41H,1-2,6-9,15-16,21-29H2,3H3,(H,39,42)/t31-,33+,34-,36-/m1/s1. The fourth-order valence-electron chi connectivity index (χ4n) is 5.70. The molecule has 1 saturated heterocycles. The third-order valence-corrected chi connectivity index (χ3v) is 8.46. The molecule has 1 fully saturated rings. The minimum atomic E-state index is -1.09. The Kier molecular flexibility index (Phi) is 17.5. The Morgan fingerprint density at radius 2 is 1.77 bits per heavy atom. The van der Waals surface area contributed by atoms with Crippen molar-refractivity contribution < 1.29 is 33.6 Å². The second-order valence-electron chi connectivity index (χ2n) is 12.0. The van der Waals surface area contributed by atoms with E-state index in [-0.39, 0.29) is 25.9 Å². The van der Waals surface area contributed by atoms with Gasteiger partial charge in [0, 0.05) is 25.1 Å². The van der Waals surface area contributed by atoms with Gasteiger partial charge < -0.3 is 34.3 Å². The molecule has 0 radical (unpaired) electrons. The number of aliphatic hydroxyl groups is 1. The maximum absolute atomic E-state index is 13.4. The zero-order chi connectivity index (χ0) is 33.7. The van der Waals surface area contributed by atoms with E-state index in [1.54, 1.807) is 6.08 Å². The van der Waals surface area contributed by atoms with Crippen molar-refractivity contribution in [1.82, 2.24) is 10.2 Å². The van der Waals surface area contributed by atoms with Gasteiger partial charge in [0.2, 0.25) is 0 Å². The minimum absolute atomic E-state index is 0.0251. The summed E-state index contributed by atoms with van der Waals surface area (Å²) in [6.07, 6.45) is 8.74. The molecule has 0 aliphatic carbocycles. The van der Waals surface area contributed by atoms with Crippen molar-refractivity contribution in [2.75, 3.05) is 32.9 Å². The van der Waals surface area contributed by atoms with Gasteiger partial charge in [-0.25, -0.2) is 9.59 Å². The van der Waals surface area contributed by atoms with Gasteiger partial charge in [0.05, 0.1) is 38.0 Å². The summed E-state index contributed by atoms with van der Waals surface area (Å²) < 4.78 is 23.0. The van der Waals surface area contributed by atoms with E-state index in [9.17, 15) is 14.7 Å². The summed E-state index contributed by atoms with van der Waals surface area (Å²) in [5.74, 6) is 1.15. The van der Waals surface area contributed by atoms with Gasteiger partial charge in [-0.05, 0) is 62.5 Å². The van der Waals surface area contributed by atoms with Crippen molar-refractivity contribution in [3.63, 3.8) is 0 Å². The predicted octanol–water partition coefficient (Wildman–Crippen LogP) is 7.23. The fraction of sp³-hybridized carbons (Fsp3) is 0.526. The van der Waals surface area contributed by atoms with Crippen LogP contribution in [0.25, 0.3) is 0 Å². The molecule has 0 bridgehead atoms. The summed E-state index contributed by atoms with van der Waals surface area (Å²) in [4.78, 5) is 27.8. The summed E-state index contributed by atoms with van der Waals surface area (Å²) in [5, 5.41) is 14.3. The number of nitrogens with zero attached hydrogens (tertiary/aromatic N) is 1. The second kappa shape index (κ2) is 21.9. The van der Waals surface area contributed by atoms with Crippen LogP contribution in [0.15, 0.2) is 79.9 Å². The van der Waals surface area contributed by atoms with Crippen molar-refractivity contribution in [3.05, 3.63) is 91.0 Å². The van der Waals surface area contributed by atoms with Crippen molar-refractivity contribution >= 4 is 12.2 Å². The molecule has 258 valence electrons. The third-order valence-electron chi connectivity index (χ3n) is 8.46. The van der Waals surface area contributed by atoms with Gasteiger partial charge in [0.1, 0.15) is 12.4 Å². The molecule has 1 heterocycles. The number of benzene rings is 2. The lowest BCUT2D eigenvalue weighted by molar-refractivity contribution is 0.0463. The summed E-state index contributed by atoms with van der Waals surface area (Å²) >= 11 is 0. The number of carbonyl (C=O) groups excluding carboxylic acids is 2. The first-order valence-electron chi connectivity index (χ1n) is 17.1. The number of allylic oxidation sites excluding steroid dienone is 2. The number of hydrogen-bond donors (Lipinski definition) is 2. The van der Waals surface area contributed by atoms with E-state index in [2.05, 4.69) is 25.4 Å². The normalized spacial score (nSPS) is 16.9. The Bertz CT molecular complexity index is 1210. The Morgan fingerprint density at radius 3 is 2.53 bits per heavy atom. The Labute approximate surface area is 280 Å². The topological polar surface area (TPSA) is 107 Å². The molecule has 9 heteroatoms. The van der Waals surface area contributed by atoms with Gasteiger partial charge in [-0.1, -0.05) is 74.0 Å². The van der Waals surface area contributed by atoms with Crippen LogP contribution in [0.5, 0.6) is 5.75 Å². The van der Waals surface area contributed by atoms with Crippen LogP contribution in [0.4, 0.5) is 9.59 Å². The molecule has 0 unspecified atom stereocenters. The first kappa shape index (κ1) is 37.6. The number of nitrogens with one attached hydrogen (secondary N) is 1. The number of alkyl carbamates (subject to hydrolysis) is 1. The van der Waals surface area contributed by atoms with Crippen molar-refractivity contribution in [1.29, 1.82) is 0 Å². The largest absolute Gasteiger partial charge is 0.493 e. The lowest BCUT2D eigenvalue weighted by Gasteiger charge is -2.30. The SMILES string of the molecule is C=CCCCCOc1ccccc1COC(=O)N(CCCC=C)C[C@@H](O)[C@H](Cc1ccccc1)NC(=O)OCC[C@H]1OCC[C@H]1CC. The molecule has 2 aromatic carbocycles. The molecule has 9 nitrogen and oxygen atoms in total. The van der Waals surface area contributed by atoms with Crippen LogP contribution in [0.1, 0.15) is 69.4 Å². The van der Waals surface area contributed by atoms with Crippen LogP contribution in [0.3, 0.4) is 0 Å². The molecule has 4 atom stereocenters. The third kappa shape index (κ3) is 13.8. The van der Waals surface area contributed by atoms with E-state index in [1.165, 1.54) is 4.90 Å². The molecule has 1 aliphatic heterocycles. The molecule has 3 rings (SSSR count). The first-order chi connectivity index (χ1) is 22.9. The molecule has 0 aromatic heterocycles. The summed E-state index contributed by atoms with van der Waals surface area (Å²) in [6.45, 7) is 11.5. The maximum atomic E-state index is 13.4. The first-order valence-corrected chi connectivity index (χ1v) is 17.1. The molecular formula is C38H54N2O7. The lowest BCUT2D eigenvalue weighted by atomic mass is 9.97. The maximum Gasteiger partial charge on any atom is 0.410 e. The van der Waals surface area contributed by atoms with Gasteiger partial charge in [0.15, 0.2) is 0 Å². The predicted molar refractivity (Wildman–Crippen MR) is 184 cm³/mol. The second-order valence-corrected chi connectivity index (χ2v) is 12.0. The fourth-order valence-corrected chi connectivity index (χ4v) is 5.70. The zero-order valence-electron chi connectivity index (χ0n) is 28.0. The number of amides is 2. The highest BCUT2D eigenvalue weighted by Crippen LogP contribution is 2.26. The van der Waals surface area contributed by atoms with Crippen molar-refractivity contribution in [3.8, 4) is 5.75 Å².